The van der Waals surface area contributed by atoms with E-state index in [2.05, 4.69) is 19.8 Å². The molecule has 5 rings (SSSR count). The first-order valence-electron chi connectivity index (χ1n) is 15.7. The van der Waals surface area contributed by atoms with Crippen LogP contribution in [0.3, 0.4) is 0 Å². The fraction of sp³-hybridized carbons (Fsp3) is 0.389. The van der Waals surface area contributed by atoms with Crippen LogP contribution in [0.15, 0.2) is 66.9 Å². The first-order chi connectivity index (χ1) is 22.5. The topological polar surface area (TPSA) is 93.2 Å². The van der Waals surface area contributed by atoms with Gasteiger partial charge in [0.2, 0.25) is 5.95 Å². The van der Waals surface area contributed by atoms with E-state index < -0.39 is 11.5 Å². The fourth-order valence-corrected chi connectivity index (χ4v) is 5.40. The molecule has 3 heterocycles. The van der Waals surface area contributed by atoms with E-state index in [9.17, 15) is 4.79 Å². The summed E-state index contributed by atoms with van der Waals surface area (Å²) >= 11 is 0. The normalized spacial score (nSPS) is 13.7. The number of methoxy groups -OCH3 is 2. The molecule has 0 spiro atoms. The van der Waals surface area contributed by atoms with Crippen molar-refractivity contribution < 1.29 is 23.4 Å². The molecule has 10 nitrogen and oxygen atoms in total. The lowest BCUT2D eigenvalue weighted by molar-refractivity contribution is 0.0139. The van der Waals surface area contributed by atoms with Gasteiger partial charge >= 0.3 is 6.09 Å². The van der Waals surface area contributed by atoms with Crippen molar-refractivity contribution >= 4 is 11.9 Å². The Balaban J connectivity index is 1.37. The molecule has 0 saturated carbocycles. The highest BCUT2D eigenvalue weighted by molar-refractivity contribution is 5.68. The number of aryl methyl sites for hydroxylation is 1. The van der Waals surface area contributed by atoms with Crippen LogP contribution in [0.1, 0.15) is 43.3 Å². The van der Waals surface area contributed by atoms with E-state index in [4.69, 9.17) is 19.2 Å². The average molecular weight is 643 g/mol. The smallest absolute Gasteiger partial charge is 0.410 e. The summed E-state index contributed by atoms with van der Waals surface area (Å²) in [6, 6.07) is 19.5. The number of ether oxygens (including phenoxy) is 3. The molecule has 1 aliphatic rings. The number of rotatable bonds is 10. The van der Waals surface area contributed by atoms with E-state index in [1.807, 2.05) is 88.4 Å². The maximum Gasteiger partial charge on any atom is 0.410 e. The highest BCUT2D eigenvalue weighted by Crippen LogP contribution is 2.28. The first-order valence-corrected chi connectivity index (χ1v) is 15.7. The number of benzene rings is 2. The van der Waals surface area contributed by atoms with Gasteiger partial charge in [0.15, 0.2) is 0 Å². The summed E-state index contributed by atoms with van der Waals surface area (Å²) in [5.74, 6) is 2.16. The van der Waals surface area contributed by atoms with Gasteiger partial charge in [0.25, 0.3) is 0 Å². The maximum absolute atomic E-state index is 15.3. The summed E-state index contributed by atoms with van der Waals surface area (Å²) in [7, 11) is 3.29. The Morgan fingerprint density at radius 2 is 1.43 bits per heavy atom. The minimum absolute atomic E-state index is 0.300. The molecule has 0 bridgehead atoms. The summed E-state index contributed by atoms with van der Waals surface area (Å²) in [5.41, 5.74) is 3.24. The Morgan fingerprint density at radius 3 is 1.96 bits per heavy atom. The Kier molecular flexibility index (Phi) is 10.6. The monoisotopic (exact) mass is 642 g/mol. The van der Waals surface area contributed by atoms with Crippen molar-refractivity contribution in [2.45, 2.75) is 52.9 Å². The highest BCUT2D eigenvalue weighted by Gasteiger charge is 2.26. The number of amides is 1. The van der Waals surface area contributed by atoms with Crippen molar-refractivity contribution in [3.05, 3.63) is 95.3 Å². The molecule has 248 valence electrons. The van der Waals surface area contributed by atoms with E-state index >= 15 is 4.39 Å². The van der Waals surface area contributed by atoms with Crippen molar-refractivity contribution in [2.24, 2.45) is 0 Å². The van der Waals surface area contributed by atoms with E-state index in [0.29, 0.717) is 68.7 Å². The molecular formula is C36H43FN6O4. The number of hydrogen-bond donors (Lipinski definition) is 0. The van der Waals surface area contributed by atoms with Gasteiger partial charge in [-0.2, -0.15) is 4.39 Å². The van der Waals surface area contributed by atoms with Crippen LogP contribution < -0.4 is 14.4 Å². The zero-order valence-corrected chi connectivity index (χ0v) is 28.0. The van der Waals surface area contributed by atoms with E-state index in [1.54, 1.807) is 25.3 Å². The number of nitrogens with zero attached hydrogens (tertiary/aromatic N) is 6. The summed E-state index contributed by atoms with van der Waals surface area (Å²) in [6.45, 7) is 11.6. The summed E-state index contributed by atoms with van der Waals surface area (Å²) in [4.78, 5) is 32.1. The lowest BCUT2D eigenvalue weighted by Gasteiger charge is -2.35. The predicted molar refractivity (Wildman–Crippen MR) is 179 cm³/mol. The van der Waals surface area contributed by atoms with Gasteiger partial charge in [0.1, 0.15) is 28.7 Å². The second-order valence-corrected chi connectivity index (χ2v) is 12.6. The molecule has 2 aromatic heterocycles. The number of halogens is 1. The van der Waals surface area contributed by atoms with Crippen LogP contribution in [0.4, 0.5) is 15.0 Å². The Morgan fingerprint density at radius 1 is 0.851 bits per heavy atom. The molecule has 0 radical (unpaired) electrons. The first kappa shape index (κ1) is 33.6. The second-order valence-electron chi connectivity index (χ2n) is 12.6. The number of anilines is 1. The molecule has 1 saturated heterocycles. The van der Waals surface area contributed by atoms with E-state index in [-0.39, 0.29) is 6.09 Å². The van der Waals surface area contributed by atoms with Crippen LogP contribution in [0.5, 0.6) is 11.5 Å². The quantitative estimate of drug-likeness (QED) is 0.186. The predicted octanol–water partition coefficient (Wildman–Crippen LogP) is 6.26. The van der Waals surface area contributed by atoms with Crippen LogP contribution >= 0.6 is 0 Å². The van der Waals surface area contributed by atoms with Gasteiger partial charge in [0.05, 0.1) is 25.5 Å². The largest absolute Gasteiger partial charge is 0.497 e. The van der Waals surface area contributed by atoms with Crippen molar-refractivity contribution in [1.82, 2.24) is 24.8 Å². The van der Waals surface area contributed by atoms with Crippen LogP contribution in [0, 0.1) is 12.9 Å². The highest BCUT2D eigenvalue weighted by atomic mass is 19.1. The summed E-state index contributed by atoms with van der Waals surface area (Å²) < 4.78 is 31.5. The standard InChI is InChI=1S/C36H43FN6O4/c1-25-39-32(31-19-28(21-38-34(31)37)22-41-15-17-42(18-16-41)35(44)47-36(2,3)4)20-33(40-25)43(23-26-7-11-29(45-5)12-8-26)24-27-9-13-30(46-6)14-10-27/h7-14,19-21H,15-18,22-24H2,1-6H3. The van der Waals surface area contributed by atoms with Crippen LogP contribution in [-0.2, 0) is 24.4 Å². The lowest BCUT2D eigenvalue weighted by atomic mass is 10.1. The van der Waals surface area contributed by atoms with Crippen molar-refractivity contribution in [2.75, 3.05) is 45.3 Å². The third-order valence-corrected chi connectivity index (χ3v) is 7.82. The van der Waals surface area contributed by atoms with Gasteiger partial charge < -0.3 is 24.0 Å². The summed E-state index contributed by atoms with van der Waals surface area (Å²) in [6.07, 6.45) is 1.26. The molecule has 0 aliphatic carbocycles. The van der Waals surface area contributed by atoms with Crippen LogP contribution in [-0.4, -0.2) is 76.8 Å². The molecule has 0 atom stereocenters. The molecule has 11 heteroatoms. The summed E-state index contributed by atoms with van der Waals surface area (Å²) in [5, 5.41) is 0. The Labute approximate surface area is 276 Å². The lowest BCUT2D eigenvalue weighted by Crippen LogP contribution is -2.49. The minimum atomic E-state index is -0.593. The van der Waals surface area contributed by atoms with Gasteiger partial charge in [-0.1, -0.05) is 24.3 Å². The number of hydrogen-bond acceptors (Lipinski definition) is 9. The number of piperazine rings is 1. The molecule has 0 unspecified atom stereocenters. The van der Waals surface area contributed by atoms with Gasteiger partial charge in [-0.25, -0.2) is 19.7 Å². The number of carbonyl (C=O) groups excluding carboxylic acids is 1. The molecule has 1 amide bonds. The van der Waals surface area contributed by atoms with Crippen LogP contribution in [0.2, 0.25) is 0 Å². The Hall–Kier alpha value is -4.77. The van der Waals surface area contributed by atoms with Gasteiger partial charge in [-0.05, 0) is 74.7 Å². The fourth-order valence-electron chi connectivity index (χ4n) is 5.40. The van der Waals surface area contributed by atoms with Gasteiger partial charge in [0, 0.05) is 58.1 Å². The van der Waals surface area contributed by atoms with Crippen molar-refractivity contribution in [1.29, 1.82) is 0 Å². The van der Waals surface area contributed by atoms with Gasteiger partial charge in [-0.3, -0.25) is 4.90 Å². The molecule has 2 aromatic carbocycles. The SMILES string of the molecule is COc1ccc(CN(Cc2ccc(OC)cc2)c2cc(-c3cc(CN4CCN(C(=O)OC(C)(C)C)CC4)cnc3F)nc(C)n2)cc1. The number of carbonyl (C=O) groups is 1. The van der Waals surface area contributed by atoms with Crippen molar-refractivity contribution in [3.8, 4) is 22.8 Å². The number of aromatic nitrogens is 3. The number of pyridine rings is 1. The third-order valence-electron chi connectivity index (χ3n) is 7.82. The van der Waals surface area contributed by atoms with E-state index in [0.717, 1.165) is 28.2 Å². The minimum Gasteiger partial charge on any atom is -0.497 e. The third kappa shape index (κ3) is 9.16. The van der Waals surface area contributed by atoms with Gasteiger partial charge in [-0.15, -0.1) is 0 Å². The second kappa shape index (κ2) is 14.8. The average Bonchev–Trinajstić information content (AvgIpc) is 3.05. The zero-order valence-electron chi connectivity index (χ0n) is 28.0. The maximum atomic E-state index is 15.3. The molecule has 1 fully saturated rings. The molecule has 47 heavy (non-hydrogen) atoms. The van der Waals surface area contributed by atoms with Crippen LogP contribution in [0.25, 0.3) is 11.3 Å². The molecule has 0 N–H and O–H groups in total. The van der Waals surface area contributed by atoms with Crippen molar-refractivity contribution in [3.63, 3.8) is 0 Å². The zero-order chi connectivity index (χ0) is 33.6. The molecular weight excluding hydrogens is 599 g/mol. The molecule has 1 aliphatic heterocycles. The molecule has 4 aromatic rings. The van der Waals surface area contributed by atoms with E-state index in [1.165, 1.54) is 0 Å². The Bertz CT molecular complexity index is 1600.